The molecule has 0 saturated heterocycles. The molecule has 0 spiro atoms. The summed E-state index contributed by atoms with van der Waals surface area (Å²) in [6.07, 6.45) is 1.04. The van der Waals surface area contributed by atoms with Gasteiger partial charge in [-0.1, -0.05) is 32.0 Å². The SMILES string of the molecule is CC(C)c1ccccc1NC(=O)CN(c1ccc(C(=O)N(C)C)cc1)S(C)(=O)=O. The summed E-state index contributed by atoms with van der Waals surface area (Å²) in [6.45, 7) is 3.67. The zero-order valence-corrected chi connectivity index (χ0v) is 18.2. The van der Waals surface area contributed by atoms with Crippen molar-refractivity contribution in [1.29, 1.82) is 0 Å². The van der Waals surface area contributed by atoms with Gasteiger partial charge in [-0.15, -0.1) is 0 Å². The lowest BCUT2D eigenvalue weighted by Gasteiger charge is -2.23. The van der Waals surface area contributed by atoms with Crippen molar-refractivity contribution in [1.82, 2.24) is 4.90 Å². The van der Waals surface area contributed by atoms with Crippen molar-refractivity contribution in [2.75, 3.05) is 36.5 Å². The van der Waals surface area contributed by atoms with Crippen LogP contribution in [0.4, 0.5) is 11.4 Å². The summed E-state index contributed by atoms with van der Waals surface area (Å²) >= 11 is 0. The van der Waals surface area contributed by atoms with Crippen LogP contribution in [0.25, 0.3) is 0 Å². The Balaban J connectivity index is 2.24. The van der Waals surface area contributed by atoms with Crippen LogP contribution in [-0.4, -0.2) is 52.0 Å². The molecular formula is C21H27N3O4S. The third-order valence-corrected chi connectivity index (χ3v) is 5.49. The standard InChI is InChI=1S/C21H27N3O4S/c1-15(2)18-8-6-7-9-19(18)22-20(25)14-24(29(5,27)28)17-12-10-16(11-13-17)21(26)23(3)4/h6-13,15H,14H2,1-5H3,(H,22,25). The second-order valence-corrected chi connectivity index (χ2v) is 9.21. The van der Waals surface area contributed by atoms with Crippen molar-refractivity contribution in [3.05, 3.63) is 59.7 Å². The van der Waals surface area contributed by atoms with Crippen molar-refractivity contribution >= 4 is 33.2 Å². The maximum Gasteiger partial charge on any atom is 0.253 e. The lowest BCUT2D eigenvalue weighted by molar-refractivity contribution is -0.114. The molecule has 0 fully saturated rings. The Labute approximate surface area is 172 Å². The Hall–Kier alpha value is -2.87. The Morgan fingerprint density at radius 1 is 1.00 bits per heavy atom. The van der Waals surface area contributed by atoms with Gasteiger partial charge in [0.05, 0.1) is 11.9 Å². The van der Waals surface area contributed by atoms with Crippen LogP contribution in [0.15, 0.2) is 48.5 Å². The van der Waals surface area contributed by atoms with E-state index in [1.165, 1.54) is 17.0 Å². The second kappa shape index (κ2) is 9.09. The Morgan fingerprint density at radius 3 is 2.10 bits per heavy atom. The molecule has 0 aliphatic heterocycles. The van der Waals surface area contributed by atoms with Crippen molar-refractivity contribution in [2.24, 2.45) is 0 Å². The highest BCUT2D eigenvalue weighted by molar-refractivity contribution is 7.92. The van der Waals surface area contributed by atoms with E-state index < -0.39 is 15.9 Å². The van der Waals surface area contributed by atoms with Gasteiger partial charge >= 0.3 is 0 Å². The van der Waals surface area contributed by atoms with E-state index in [2.05, 4.69) is 5.32 Å². The molecule has 2 amide bonds. The Morgan fingerprint density at radius 2 is 1.59 bits per heavy atom. The smallest absolute Gasteiger partial charge is 0.253 e. The van der Waals surface area contributed by atoms with E-state index in [4.69, 9.17) is 0 Å². The van der Waals surface area contributed by atoms with Crippen LogP contribution in [0, 0.1) is 0 Å². The molecule has 0 aliphatic rings. The van der Waals surface area contributed by atoms with Gasteiger partial charge < -0.3 is 10.2 Å². The summed E-state index contributed by atoms with van der Waals surface area (Å²) in [7, 11) is -0.429. The zero-order chi connectivity index (χ0) is 21.8. The number of sulfonamides is 1. The number of para-hydroxylation sites is 1. The molecule has 29 heavy (non-hydrogen) atoms. The van der Waals surface area contributed by atoms with E-state index in [-0.39, 0.29) is 18.4 Å². The predicted molar refractivity (Wildman–Crippen MR) is 116 cm³/mol. The third kappa shape index (κ3) is 5.80. The van der Waals surface area contributed by atoms with Crippen LogP contribution in [0.1, 0.15) is 35.7 Å². The van der Waals surface area contributed by atoms with Crippen LogP contribution in [0.2, 0.25) is 0 Å². The maximum atomic E-state index is 12.6. The van der Waals surface area contributed by atoms with Crippen molar-refractivity contribution < 1.29 is 18.0 Å². The molecule has 0 unspecified atom stereocenters. The van der Waals surface area contributed by atoms with Gasteiger partial charge in [0.2, 0.25) is 15.9 Å². The van der Waals surface area contributed by atoms with Gasteiger partial charge in [0.15, 0.2) is 0 Å². The molecule has 0 aromatic heterocycles. The minimum atomic E-state index is -3.70. The number of rotatable bonds is 7. The van der Waals surface area contributed by atoms with Crippen LogP contribution in [0.5, 0.6) is 0 Å². The number of nitrogens with one attached hydrogen (secondary N) is 1. The van der Waals surface area contributed by atoms with Crippen LogP contribution < -0.4 is 9.62 Å². The molecule has 2 aromatic carbocycles. The lowest BCUT2D eigenvalue weighted by Crippen LogP contribution is -2.37. The average Bonchev–Trinajstić information content (AvgIpc) is 2.65. The monoisotopic (exact) mass is 417 g/mol. The van der Waals surface area contributed by atoms with E-state index in [9.17, 15) is 18.0 Å². The van der Waals surface area contributed by atoms with Gasteiger partial charge in [0.25, 0.3) is 5.91 Å². The first kappa shape index (κ1) is 22.4. The van der Waals surface area contributed by atoms with Crippen molar-refractivity contribution in [2.45, 2.75) is 19.8 Å². The quantitative estimate of drug-likeness (QED) is 0.750. The molecule has 0 aliphatic carbocycles. The summed E-state index contributed by atoms with van der Waals surface area (Å²) in [5, 5.41) is 2.80. The van der Waals surface area contributed by atoms with Gasteiger partial charge in [-0.2, -0.15) is 0 Å². The number of hydrogen-bond acceptors (Lipinski definition) is 4. The van der Waals surface area contributed by atoms with E-state index in [1.807, 2.05) is 32.0 Å². The molecular weight excluding hydrogens is 390 g/mol. The summed E-state index contributed by atoms with van der Waals surface area (Å²) in [5.74, 6) is -0.429. The average molecular weight is 418 g/mol. The van der Waals surface area contributed by atoms with E-state index in [0.29, 0.717) is 16.9 Å². The highest BCUT2D eigenvalue weighted by Crippen LogP contribution is 2.24. The van der Waals surface area contributed by atoms with Gasteiger partial charge in [-0.3, -0.25) is 13.9 Å². The second-order valence-electron chi connectivity index (χ2n) is 7.31. The number of nitrogens with zero attached hydrogens (tertiary/aromatic N) is 2. The molecule has 7 nitrogen and oxygen atoms in total. The summed E-state index contributed by atoms with van der Waals surface area (Å²) in [4.78, 5) is 26.1. The van der Waals surface area contributed by atoms with E-state index in [1.54, 1.807) is 32.3 Å². The number of carbonyl (C=O) groups is 2. The number of benzene rings is 2. The largest absolute Gasteiger partial charge is 0.345 e. The zero-order valence-electron chi connectivity index (χ0n) is 17.3. The molecule has 8 heteroatoms. The Bertz CT molecular complexity index is 983. The first-order chi connectivity index (χ1) is 13.5. The summed E-state index contributed by atoms with van der Waals surface area (Å²) < 4.78 is 25.6. The molecule has 0 atom stereocenters. The highest BCUT2D eigenvalue weighted by Gasteiger charge is 2.22. The van der Waals surface area contributed by atoms with Gasteiger partial charge in [-0.25, -0.2) is 8.42 Å². The molecule has 0 saturated carbocycles. The minimum absolute atomic E-state index is 0.189. The molecule has 0 radical (unpaired) electrons. The molecule has 1 N–H and O–H groups in total. The van der Waals surface area contributed by atoms with Gasteiger partial charge in [-0.05, 0) is 41.8 Å². The van der Waals surface area contributed by atoms with Crippen LogP contribution >= 0.6 is 0 Å². The first-order valence-electron chi connectivity index (χ1n) is 9.19. The molecule has 2 rings (SSSR count). The fraction of sp³-hybridized carbons (Fsp3) is 0.333. The summed E-state index contributed by atoms with van der Waals surface area (Å²) in [6, 6.07) is 13.6. The Kier molecular flexibility index (Phi) is 7.02. The molecule has 2 aromatic rings. The normalized spacial score (nSPS) is 11.2. The third-order valence-electron chi connectivity index (χ3n) is 4.35. The van der Waals surface area contributed by atoms with Crippen LogP contribution in [0.3, 0.4) is 0 Å². The fourth-order valence-electron chi connectivity index (χ4n) is 2.86. The predicted octanol–water partition coefficient (Wildman–Crippen LogP) is 2.92. The van der Waals surface area contributed by atoms with Gasteiger partial charge in [0, 0.05) is 25.3 Å². The summed E-state index contributed by atoms with van der Waals surface area (Å²) in [5.41, 5.74) is 2.38. The fourth-order valence-corrected chi connectivity index (χ4v) is 3.72. The highest BCUT2D eigenvalue weighted by atomic mass is 32.2. The number of amides is 2. The van der Waals surface area contributed by atoms with E-state index in [0.717, 1.165) is 16.1 Å². The number of carbonyl (C=O) groups excluding carboxylic acids is 2. The number of anilines is 2. The molecule has 156 valence electrons. The van der Waals surface area contributed by atoms with Crippen molar-refractivity contribution in [3.63, 3.8) is 0 Å². The topological polar surface area (TPSA) is 86.8 Å². The molecule has 0 bridgehead atoms. The van der Waals surface area contributed by atoms with Crippen LogP contribution in [-0.2, 0) is 14.8 Å². The van der Waals surface area contributed by atoms with E-state index >= 15 is 0 Å². The molecule has 0 heterocycles. The van der Waals surface area contributed by atoms with Gasteiger partial charge in [0.1, 0.15) is 6.54 Å². The first-order valence-corrected chi connectivity index (χ1v) is 11.0. The lowest BCUT2D eigenvalue weighted by atomic mass is 10.0. The number of hydrogen-bond donors (Lipinski definition) is 1. The van der Waals surface area contributed by atoms with Crippen molar-refractivity contribution in [3.8, 4) is 0 Å². The minimum Gasteiger partial charge on any atom is -0.345 e. The maximum absolute atomic E-state index is 12.6.